The average Bonchev–Trinajstić information content (AvgIpc) is 2.67. The fraction of sp³-hybridized carbons (Fsp3) is 0.941. The molecule has 0 aromatic rings. The number of piperidine rings is 1. The monoisotopic (exact) mass is 296 g/mol. The Morgan fingerprint density at radius 1 is 1.14 bits per heavy atom. The van der Waals surface area contributed by atoms with E-state index < -0.39 is 11.4 Å². The number of hydrogen-bond acceptors (Lipinski definition) is 3. The van der Waals surface area contributed by atoms with Gasteiger partial charge < -0.3 is 14.9 Å². The summed E-state index contributed by atoms with van der Waals surface area (Å²) in [4.78, 5) is 16.6. The molecule has 122 valence electrons. The fourth-order valence-electron chi connectivity index (χ4n) is 4.12. The molecule has 2 rings (SSSR count). The first-order chi connectivity index (χ1) is 10.0. The first-order valence-corrected chi connectivity index (χ1v) is 8.62. The van der Waals surface area contributed by atoms with Crippen LogP contribution < -0.4 is 0 Å². The number of carbonyl (C=O) groups is 1. The van der Waals surface area contributed by atoms with Gasteiger partial charge in [-0.3, -0.25) is 4.79 Å². The van der Waals surface area contributed by atoms with Crippen LogP contribution >= 0.6 is 0 Å². The summed E-state index contributed by atoms with van der Waals surface area (Å²) in [5, 5.41) is 9.78. The average molecular weight is 296 g/mol. The van der Waals surface area contributed by atoms with E-state index in [0.29, 0.717) is 0 Å². The smallest absolute Gasteiger partial charge is 0.310 e. The van der Waals surface area contributed by atoms with Gasteiger partial charge in [-0.05, 0) is 58.8 Å². The molecule has 4 heteroatoms. The van der Waals surface area contributed by atoms with Crippen molar-refractivity contribution in [2.75, 3.05) is 40.3 Å². The summed E-state index contributed by atoms with van der Waals surface area (Å²) in [7, 11) is 4.27. The molecule has 0 bridgehead atoms. The van der Waals surface area contributed by atoms with Crippen molar-refractivity contribution in [3.8, 4) is 0 Å². The van der Waals surface area contributed by atoms with E-state index in [1.54, 1.807) is 0 Å². The summed E-state index contributed by atoms with van der Waals surface area (Å²) in [6.07, 6.45) is 8.77. The SMILES string of the molecule is CN(C)CC1CCN(CC2(C(=O)O)CCCCCC2)CC1. The first-order valence-electron chi connectivity index (χ1n) is 8.62. The first kappa shape index (κ1) is 16.8. The molecule has 1 saturated heterocycles. The van der Waals surface area contributed by atoms with Crippen molar-refractivity contribution in [3.05, 3.63) is 0 Å². The minimum atomic E-state index is -0.556. The second-order valence-corrected chi connectivity index (χ2v) is 7.48. The van der Waals surface area contributed by atoms with Crippen molar-refractivity contribution >= 4 is 5.97 Å². The van der Waals surface area contributed by atoms with Gasteiger partial charge in [-0.15, -0.1) is 0 Å². The molecule has 2 fully saturated rings. The third kappa shape index (κ3) is 4.68. The minimum Gasteiger partial charge on any atom is -0.481 e. The zero-order chi connectivity index (χ0) is 15.3. The van der Waals surface area contributed by atoms with Gasteiger partial charge in [0.1, 0.15) is 0 Å². The Hall–Kier alpha value is -0.610. The summed E-state index contributed by atoms with van der Waals surface area (Å²) in [5.74, 6) is 0.228. The molecule has 0 unspecified atom stereocenters. The molecule has 0 amide bonds. The zero-order valence-electron chi connectivity index (χ0n) is 13.8. The number of hydrogen-bond donors (Lipinski definition) is 1. The highest BCUT2D eigenvalue weighted by atomic mass is 16.4. The van der Waals surface area contributed by atoms with Gasteiger partial charge >= 0.3 is 5.97 Å². The lowest BCUT2D eigenvalue weighted by atomic mass is 9.79. The van der Waals surface area contributed by atoms with E-state index in [2.05, 4.69) is 23.9 Å². The predicted molar refractivity (Wildman–Crippen MR) is 85.5 cm³/mol. The molecule has 1 aliphatic carbocycles. The van der Waals surface area contributed by atoms with E-state index >= 15 is 0 Å². The predicted octanol–water partition coefficient (Wildman–Crippen LogP) is 2.69. The highest BCUT2D eigenvalue weighted by Gasteiger charge is 2.40. The van der Waals surface area contributed by atoms with Crippen LogP contribution in [0.2, 0.25) is 0 Å². The van der Waals surface area contributed by atoms with E-state index in [1.807, 2.05) is 0 Å². The van der Waals surface area contributed by atoms with Crippen LogP contribution in [0.1, 0.15) is 51.4 Å². The summed E-state index contributed by atoms with van der Waals surface area (Å²) in [6.45, 7) is 4.09. The quantitative estimate of drug-likeness (QED) is 0.792. The molecule has 0 radical (unpaired) electrons. The molecule has 1 aliphatic heterocycles. The lowest BCUT2D eigenvalue weighted by molar-refractivity contribution is -0.151. The molecule has 1 saturated carbocycles. The van der Waals surface area contributed by atoms with Gasteiger partial charge in [0.15, 0.2) is 0 Å². The van der Waals surface area contributed by atoms with Gasteiger partial charge in [-0.2, -0.15) is 0 Å². The molecule has 0 aromatic heterocycles. The lowest BCUT2D eigenvalue weighted by Crippen LogP contribution is -2.46. The van der Waals surface area contributed by atoms with Crippen molar-refractivity contribution in [2.24, 2.45) is 11.3 Å². The molecule has 1 heterocycles. The van der Waals surface area contributed by atoms with Crippen LogP contribution in [0.25, 0.3) is 0 Å². The molecule has 4 nitrogen and oxygen atoms in total. The summed E-state index contributed by atoms with van der Waals surface area (Å²) in [6, 6.07) is 0. The van der Waals surface area contributed by atoms with E-state index in [1.165, 1.54) is 25.7 Å². The van der Waals surface area contributed by atoms with Crippen LogP contribution in [0.5, 0.6) is 0 Å². The van der Waals surface area contributed by atoms with Crippen molar-refractivity contribution in [2.45, 2.75) is 51.4 Å². The maximum Gasteiger partial charge on any atom is 0.310 e. The zero-order valence-corrected chi connectivity index (χ0v) is 13.8. The van der Waals surface area contributed by atoms with Crippen LogP contribution in [-0.4, -0.2) is 61.2 Å². The Labute approximate surface area is 129 Å². The van der Waals surface area contributed by atoms with Gasteiger partial charge in [0, 0.05) is 13.1 Å². The van der Waals surface area contributed by atoms with Crippen LogP contribution in [0.3, 0.4) is 0 Å². The molecule has 21 heavy (non-hydrogen) atoms. The number of likely N-dealkylation sites (tertiary alicyclic amines) is 1. The van der Waals surface area contributed by atoms with Crippen LogP contribution in [-0.2, 0) is 4.79 Å². The highest BCUT2D eigenvalue weighted by molar-refractivity contribution is 5.75. The largest absolute Gasteiger partial charge is 0.481 e. The maximum atomic E-state index is 11.9. The van der Waals surface area contributed by atoms with Crippen molar-refractivity contribution < 1.29 is 9.90 Å². The van der Waals surface area contributed by atoms with Crippen molar-refractivity contribution in [1.29, 1.82) is 0 Å². The van der Waals surface area contributed by atoms with Gasteiger partial charge in [0.25, 0.3) is 0 Å². The molecule has 1 N–H and O–H groups in total. The van der Waals surface area contributed by atoms with Gasteiger partial charge in [-0.1, -0.05) is 25.7 Å². The number of carboxylic acids is 1. The summed E-state index contributed by atoms with van der Waals surface area (Å²) in [5.41, 5.74) is -0.467. The maximum absolute atomic E-state index is 11.9. The van der Waals surface area contributed by atoms with Gasteiger partial charge in [0.2, 0.25) is 0 Å². The second kappa shape index (κ2) is 7.59. The minimum absolute atomic E-state index is 0.467. The fourth-order valence-corrected chi connectivity index (χ4v) is 4.12. The van der Waals surface area contributed by atoms with Crippen LogP contribution in [0.4, 0.5) is 0 Å². The Kier molecular flexibility index (Phi) is 6.06. The van der Waals surface area contributed by atoms with E-state index in [9.17, 15) is 9.90 Å². The third-order valence-corrected chi connectivity index (χ3v) is 5.37. The van der Waals surface area contributed by atoms with E-state index in [-0.39, 0.29) is 0 Å². The lowest BCUT2D eigenvalue weighted by Gasteiger charge is -2.39. The topological polar surface area (TPSA) is 43.8 Å². The number of rotatable bonds is 5. The number of carboxylic acid groups (broad SMARTS) is 1. The van der Waals surface area contributed by atoms with Crippen LogP contribution in [0, 0.1) is 11.3 Å². The van der Waals surface area contributed by atoms with Crippen molar-refractivity contribution in [3.63, 3.8) is 0 Å². The van der Waals surface area contributed by atoms with Crippen LogP contribution in [0.15, 0.2) is 0 Å². The van der Waals surface area contributed by atoms with E-state index in [4.69, 9.17) is 0 Å². The summed E-state index contributed by atoms with van der Waals surface area (Å²) < 4.78 is 0. The Morgan fingerprint density at radius 3 is 2.19 bits per heavy atom. The Balaban J connectivity index is 1.89. The number of nitrogens with zero attached hydrogens (tertiary/aromatic N) is 2. The second-order valence-electron chi connectivity index (χ2n) is 7.48. The molecule has 0 atom stereocenters. The normalized spacial score (nSPS) is 24.9. The van der Waals surface area contributed by atoms with Gasteiger partial charge in [-0.25, -0.2) is 0 Å². The molecule has 0 aromatic carbocycles. The Bertz CT molecular complexity index is 328. The third-order valence-electron chi connectivity index (χ3n) is 5.37. The Morgan fingerprint density at radius 2 is 1.71 bits per heavy atom. The summed E-state index contributed by atoms with van der Waals surface area (Å²) >= 11 is 0. The van der Waals surface area contributed by atoms with Gasteiger partial charge in [0.05, 0.1) is 5.41 Å². The van der Waals surface area contributed by atoms with E-state index in [0.717, 1.165) is 57.8 Å². The standard InChI is InChI=1S/C17H32N2O2/c1-18(2)13-15-7-11-19(12-8-15)14-17(16(20)21)9-5-3-4-6-10-17/h15H,3-14H2,1-2H3,(H,20,21). The highest BCUT2D eigenvalue weighted by Crippen LogP contribution is 2.37. The van der Waals surface area contributed by atoms with Crippen molar-refractivity contribution in [1.82, 2.24) is 9.80 Å². The molecule has 2 aliphatic rings. The molecular formula is C17H32N2O2. The molecule has 0 spiro atoms. The number of aliphatic carboxylic acids is 1. The molecular weight excluding hydrogens is 264 g/mol.